The quantitative estimate of drug-likeness (QED) is 0.627. The van der Waals surface area contributed by atoms with Gasteiger partial charge in [0, 0.05) is 10.6 Å². The van der Waals surface area contributed by atoms with Crippen molar-refractivity contribution in [3.05, 3.63) is 36.4 Å². The first kappa shape index (κ1) is 10.5. The maximum atomic E-state index is 4.39. The van der Waals surface area contributed by atoms with Gasteiger partial charge in [0.05, 0.1) is 0 Å². The molecule has 0 bridgehead atoms. The summed E-state index contributed by atoms with van der Waals surface area (Å²) in [4.78, 5) is 1.45. The summed E-state index contributed by atoms with van der Waals surface area (Å²) in [6.07, 6.45) is 5.58. The van der Waals surface area contributed by atoms with E-state index < -0.39 is 0 Å². The fraction of sp³-hybridized carbons (Fsp3) is 0.467. The number of hydrogen-bond donors (Lipinski definition) is 0. The largest absolute Gasteiger partial charge is 0.125 e. The van der Waals surface area contributed by atoms with Crippen molar-refractivity contribution < 1.29 is 0 Å². The average Bonchev–Trinajstić information content (AvgIpc) is 2.49. The zero-order chi connectivity index (χ0) is 11.0. The molecule has 16 heavy (non-hydrogen) atoms. The lowest BCUT2D eigenvalue weighted by atomic mass is 9.75. The summed E-state index contributed by atoms with van der Waals surface area (Å²) < 4.78 is 0. The molecular weight excluding hydrogens is 212 g/mol. The Morgan fingerprint density at radius 2 is 1.94 bits per heavy atom. The van der Waals surface area contributed by atoms with Crippen LogP contribution in [0, 0.1) is 11.8 Å². The summed E-state index contributed by atoms with van der Waals surface area (Å²) in [6.45, 7) is 4.39. The lowest BCUT2D eigenvalue weighted by Gasteiger charge is -2.30. The van der Waals surface area contributed by atoms with Crippen LogP contribution in [0.1, 0.15) is 31.2 Å². The van der Waals surface area contributed by atoms with Gasteiger partial charge in [-0.3, -0.25) is 0 Å². The normalized spacial score (nSPS) is 29.1. The molecule has 1 aliphatic carbocycles. The highest BCUT2D eigenvalue weighted by Gasteiger charge is 2.31. The van der Waals surface area contributed by atoms with Gasteiger partial charge in [-0.25, -0.2) is 0 Å². The first-order valence-corrected chi connectivity index (χ1v) is 7.26. The second-order valence-electron chi connectivity index (χ2n) is 4.98. The van der Waals surface area contributed by atoms with E-state index in [2.05, 4.69) is 30.8 Å². The van der Waals surface area contributed by atoms with E-state index in [1.165, 1.54) is 47.5 Å². The molecule has 1 aromatic carbocycles. The predicted octanol–water partition coefficient (Wildman–Crippen LogP) is 4.61. The van der Waals surface area contributed by atoms with Gasteiger partial charge in [0.1, 0.15) is 0 Å². The van der Waals surface area contributed by atoms with E-state index in [0.29, 0.717) is 0 Å². The Hall–Kier alpha value is -0.690. The standard InChI is InChI=1S/C15H18S/c1-11-13-7-3-2-6-12(13)10-16-15-9-5-4-8-14(11)15/h4-5,8-9,12-13H,1-3,6-7,10H2/t12-,13+/m0/s1. The molecular formula is C15H18S. The molecule has 1 aliphatic heterocycles. The third kappa shape index (κ3) is 1.71. The van der Waals surface area contributed by atoms with Gasteiger partial charge < -0.3 is 0 Å². The molecule has 3 rings (SSSR count). The second kappa shape index (κ2) is 4.29. The maximum absolute atomic E-state index is 4.39. The molecule has 1 aromatic rings. The molecule has 1 heterocycles. The van der Waals surface area contributed by atoms with E-state index in [1.54, 1.807) is 0 Å². The molecule has 84 valence electrons. The molecule has 0 saturated heterocycles. The van der Waals surface area contributed by atoms with Crippen molar-refractivity contribution in [2.75, 3.05) is 5.75 Å². The molecule has 0 N–H and O–H groups in total. The van der Waals surface area contributed by atoms with Crippen molar-refractivity contribution >= 4 is 17.3 Å². The summed E-state index contributed by atoms with van der Waals surface area (Å²) in [5.41, 5.74) is 2.83. The van der Waals surface area contributed by atoms with Crippen molar-refractivity contribution in [1.82, 2.24) is 0 Å². The van der Waals surface area contributed by atoms with Crippen LogP contribution in [0.5, 0.6) is 0 Å². The van der Waals surface area contributed by atoms with Gasteiger partial charge in [-0.15, -0.1) is 11.8 Å². The monoisotopic (exact) mass is 230 g/mol. The highest BCUT2D eigenvalue weighted by atomic mass is 32.2. The average molecular weight is 230 g/mol. The third-order valence-electron chi connectivity index (χ3n) is 4.04. The lowest BCUT2D eigenvalue weighted by molar-refractivity contribution is 0.322. The van der Waals surface area contributed by atoms with Crippen molar-refractivity contribution in [2.45, 2.75) is 30.6 Å². The van der Waals surface area contributed by atoms with E-state index in [9.17, 15) is 0 Å². The Balaban J connectivity index is 1.99. The van der Waals surface area contributed by atoms with Gasteiger partial charge >= 0.3 is 0 Å². The van der Waals surface area contributed by atoms with Crippen molar-refractivity contribution in [2.24, 2.45) is 11.8 Å². The van der Waals surface area contributed by atoms with E-state index in [1.807, 2.05) is 11.8 Å². The number of allylic oxidation sites excluding steroid dienone is 1. The van der Waals surface area contributed by atoms with E-state index in [0.717, 1.165) is 11.8 Å². The first-order valence-electron chi connectivity index (χ1n) is 6.27. The van der Waals surface area contributed by atoms with E-state index >= 15 is 0 Å². The molecule has 0 nitrogen and oxygen atoms in total. The van der Waals surface area contributed by atoms with E-state index in [4.69, 9.17) is 0 Å². The van der Waals surface area contributed by atoms with Crippen LogP contribution in [0.4, 0.5) is 0 Å². The number of fused-ring (bicyclic) bond motifs is 2. The van der Waals surface area contributed by atoms with Gasteiger partial charge in [0.15, 0.2) is 0 Å². The molecule has 2 aliphatic rings. The van der Waals surface area contributed by atoms with Crippen LogP contribution < -0.4 is 0 Å². The molecule has 2 atom stereocenters. The molecule has 0 aromatic heterocycles. The molecule has 1 saturated carbocycles. The Kier molecular flexibility index (Phi) is 2.81. The maximum Gasteiger partial charge on any atom is 0.0147 e. The molecule has 1 fully saturated rings. The molecule has 1 heteroatoms. The second-order valence-corrected chi connectivity index (χ2v) is 6.05. The minimum atomic E-state index is 0.755. The molecule has 0 spiro atoms. The van der Waals surface area contributed by atoms with Gasteiger partial charge in [0.2, 0.25) is 0 Å². The summed E-state index contributed by atoms with van der Waals surface area (Å²) in [6, 6.07) is 8.80. The number of thioether (sulfide) groups is 1. The first-order chi connectivity index (χ1) is 7.86. The number of rotatable bonds is 0. The summed E-state index contributed by atoms with van der Waals surface area (Å²) in [5, 5.41) is 0. The van der Waals surface area contributed by atoms with Crippen LogP contribution in [-0.4, -0.2) is 5.75 Å². The van der Waals surface area contributed by atoms with Gasteiger partial charge in [-0.2, -0.15) is 0 Å². The lowest BCUT2D eigenvalue weighted by Crippen LogP contribution is -2.21. The van der Waals surface area contributed by atoms with Gasteiger partial charge in [-0.05, 0) is 41.9 Å². The fourth-order valence-corrected chi connectivity index (χ4v) is 4.44. The number of benzene rings is 1. The summed E-state index contributed by atoms with van der Waals surface area (Å²) in [7, 11) is 0. The molecule has 0 unspecified atom stereocenters. The Morgan fingerprint density at radius 1 is 1.12 bits per heavy atom. The van der Waals surface area contributed by atoms with Crippen LogP contribution in [-0.2, 0) is 0 Å². The van der Waals surface area contributed by atoms with Crippen LogP contribution in [0.25, 0.3) is 5.57 Å². The topological polar surface area (TPSA) is 0 Å². The smallest absolute Gasteiger partial charge is 0.0147 e. The van der Waals surface area contributed by atoms with Crippen LogP contribution in [0.15, 0.2) is 35.7 Å². The van der Waals surface area contributed by atoms with Crippen LogP contribution >= 0.6 is 11.8 Å². The fourth-order valence-electron chi connectivity index (χ4n) is 3.12. The van der Waals surface area contributed by atoms with Crippen LogP contribution in [0.3, 0.4) is 0 Å². The number of hydrogen-bond acceptors (Lipinski definition) is 1. The third-order valence-corrected chi connectivity index (χ3v) is 5.30. The van der Waals surface area contributed by atoms with E-state index in [-0.39, 0.29) is 0 Å². The Morgan fingerprint density at radius 3 is 2.88 bits per heavy atom. The highest BCUT2D eigenvalue weighted by molar-refractivity contribution is 7.99. The Labute approximate surface area is 102 Å². The molecule has 0 radical (unpaired) electrons. The summed E-state index contributed by atoms with van der Waals surface area (Å²) >= 11 is 2.04. The van der Waals surface area contributed by atoms with Gasteiger partial charge in [0.25, 0.3) is 0 Å². The molecule has 0 amide bonds. The zero-order valence-corrected chi connectivity index (χ0v) is 10.4. The Bertz CT molecular complexity index is 408. The minimum Gasteiger partial charge on any atom is -0.125 e. The van der Waals surface area contributed by atoms with Crippen molar-refractivity contribution in [3.8, 4) is 0 Å². The predicted molar refractivity (Wildman–Crippen MR) is 71.6 cm³/mol. The van der Waals surface area contributed by atoms with Crippen molar-refractivity contribution in [1.29, 1.82) is 0 Å². The minimum absolute atomic E-state index is 0.755. The summed E-state index contributed by atoms with van der Waals surface area (Å²) in [5.74, 6) is 2.92. The highest BCUT2D eigenvalue weighted by Crippen LogP contribution is 2.46. The SMILES string of the molecule is C=C1c2ccccc2SC[C@@H]2CCCC[C@H]12. The van der Waals surface area contributed by atoms with Gasteiger partial charge in [-0.1, -0.05) is 37.6 Å². The van der Waals surface area contributed by atoms with Crippen molar-refractivity contribution in [3.63, 3.8) is 0 Å². The van der Waals surface area contributed by atoms with Crippen LogP contribution in [0.2, 0.25) is 0 Å². The zero-order valence-electron chi connectivity index (χ0n) is 9.61.